The van der Waals surface area contributed by atoms with E-state index in [1.165, 1.54) is 0 Å². The second-order valence-corrected chi connectivity index (χ2v) is 7.15. The summed E-state index contributed by atoms with van der Waals surface area (Å²) >= 11 is 6.22. The fourth-order valence-electron chi connectivity index (χ4n) is 3.36. The maximum Gasteiger partial charge on any atom is 0.244 e. The van der Waals surface area contributed by atoms with Crippen LogP contribution < -0.4 is 5.43 Å². The zero-order chi connectivity index (χ0) is 20.3. The van der Waals surface area contributed by atoms with Gasteiger partial charge in [-0.25, -0.2) is 15.4 Å². The highest BCUT2D eigenvalue weighted by molar-refractivity contribution is 6.31. The number of fused-ring (bicyclic) bond motifs is 2. The van der Waals surface area contributed by atoms with Gasteiger partial charge in [0.2, 0.25) is 5.95 Å². The van der Waals surface area contributed by atoms with Crippen LogP contribution in [0.25, 0.3) is 33.1 Å². The first-order valence-corrected chi connectivity index (χ1v) is 9.81. The minimum Gasteiger partial charge on any atom is -0.256 e. The fourth-order valence-corrected chi connectivity index (χ4v) is 3.53. The Balaban J connectivity index is 1.53. The summed E-state index contributed by atoms with van der Waals surface area (Å²) in [5.74, 6) is 0.410. The Morgan fingerprint density at radius 2 is 1.73 bits per heavy atom. The molecule has 0 saturated heterocycles. The highest BCUT2D eigenvalue weighted by Crippen LogP contribution is 2.29. The number of hydrazone groups is 1. The first kappa shape index (κ1) is 18.2. The third kappa shape index (κ3) is 3.58. The van der Waals surface area contributed by atoms with Crippen LogP contribution in [0.3, 0.4) is 0 Å². The van der Waals surface area contributed by atoms with E-state index in [0.29, 0.717) is 11.0 Å². The van der Waals surface area contributed by atoms with E-state index in [1.54, 1.807) is 12.4 Å². The van der Waals surface area contributed by atoms with Crippen LogP contribution in [0.2, 0.25) is 5.02 Å². The van der Waals surface area contributed by atoms with Crippen molar-refractivity contribution in [1.29, 1.82) is 0 Å². The van der Waals surface area contributed by atoms with Crippen molar-refractivity contribution >= 4 is 45.6 Å². The lowest BCUT2D eigenvalue weighted by molar-refractivity contribution is 1.16. The normalized spacial score (nSPS) is 11.4. The number of halogens is 1. The smallest absolute Gasteiger partial charge is 0.244 e. The van der Waals surface area contributed by atoms with Crippen LogP contribution in [0.1, 0.15) is 5.56 Å². The Morgan fingerprint density at radius 3 is 2.63 bits per heavy atom. The summed E-state index contributed by atoms with van der Waals surface area (Å²) in [6.45, 7) is 0. The molecule has 30 heavy (non-hydrogen) atoms. The topological polar surface area (TPSA) is 63.1 Å². The molecule has 0 aliphatic heterocycles. The van der Waals surface area contributed by atoms with Crippen molar-refractivity contribution < 1.29 is 0 Å². The van der Waals surface area contributed by atoms with E-state index in [9.17, 15) is 0 Å². The largest absolute Gasteiger partial charge is 0.256 e. The SMILES string of the molecule is Clc1ccc2nc(N/N=C/c3cccc4cccnc34)nc(-c3ccccc3)c2c1. The Bertz CT molecular complexity index is 1380. The quantitative estimate of drug-likeness (QED) is 0.294. The Labute approximate surface area is 178 Å². The molecular weight excluding hydrogens is 394 g/mol. The third-order valence-corrected chi connectivity index (χ3v) is 4.97. The number of pyridine rings is 1. The molecule has 6 heteroatoms. The van der Waals surface area contributed by atoms with Crippen LogP contribution in [-0.4, -0.2) is 21.2 Å². The number of anilines is 1. The Kier molecular flexibility index (Phi) is 4.79. The van der Waals surface area contributed by atoms with Crippen molar-refractivity contribution in [3.05, 3.63) is 95.6 Å². The van der Waals surface area contributed by atoms with E-state index in [2.05, 4.69) is 20.5 Å². The predicted octanol–water partition coefficient (Wildman–Crippen LogP) is 5.94. The molecule has 0 radical (unpaired) electrons. The van der Waals surface area contributed by atoms with Crippen LogP contribution in [0.5, 0.6) is 0 Å². The molecule has 0 saturated carbocycles. The minimum atomic E-state index is 0.410. The van der Waals surface area contributed by atoms with Crippen LogP contribution in [-0.2, 0) is 0 Å². The summed E-state index contributed by atoms with van der Waals surface area (Å²) in [5, 5.41) is 6.95. The first-order chi connectivity index (χ1) is 14.8. The number of aromatic nitrogens is 3. The van der Waals surface area contributed by atoms with E-state index in [0.717, 1.165) is 38.6 Å². The number of nitrogens with one attached hydrogen (secondary N) is 1. The van der Waals surface area contributed by atoms with Crippen molar-refractivity contribution in [3.63, 3.8) is 0 Å². The molecule has 0 atom stereocenters. The van der Waals surface area contributed by atoms with Gasteiger partial charge in [-0.1, -0.05) is 66.2 Å². The van der Waals surface area contributed by atoms with Crippen LogP contribution in [0.4, 0.5) is 5.95 Å². The van der Waals surface area contributed by atoms with Gasteiger partial charge in [-0.3, -0.25) is 4.98 Å². The van der Waals surface area contributed by atoms with Gasteiger partial charge < -0.3 is 0 Å². The standard InChI is InChI=1S/C24H16ClN5/c25-19-11-12-21-20(14-19)23(17-6-2-1-3-7-17)29-24(28-21)30-27-15-18-9-4-8-16-10-5-13-26-22(16)18/h1-15H,(H,28,29,30)/b27-15+. The van der Waals surface area contributed by atoms with Gasteiger partial charge in [0.1, 0.15) is 0 Å². The van der Waals surface area contributed by atoms with Gasteiger partial charge in [-0.2, -0.15) is 5.10 Å². The monoisotopic (exact) mass is 409 g/mol. The molecule has 5 aromatic rings. The lowest BCUT2D eigenvalue weighted by atomic mass is 10.1. The molecule has 0 amide bonds. The van der Waals surface area contributed by atoms with Gasteiger partial charge in [-0.05, 0) is 24.3 Å². The summed E-state index contributed by atoms with van der Waals surface area (Å²) < 4.78 is 0. The summed E-state index contributed by atoms with van der Waals surface area (Å²) in [6, 6.07) is 25.5. The number of rotatable bonds is 4. The molecule has 144 valence electrons. The molecule has 5 rings (SSSR count). The van der Waals surface area contributed by atoms with Gasteiger partial charge in [0, 0.05) is 33.1 Å². The molecule has 2 heterocycles. The zero-order valence-corrected chi connectivity index (χ0v) is 16.6. The van der Waals surface area contributed by atoms with E-state index >= 15 is 0 Å². The second kappa shape index (κ2) is 7.89. The lowest BCUT2D eigenvalue weighted by Gasteiger charge is -2.09. The van der Waals surface area contributed by atoms with Crippen LogP contribution in [0.15, 0.2) is 90.2 Å². The molecule has 5 nitrogen and oxygen atoms in total. The minimum absolute atomic E-state index is 0.410. The maximum atomic E-state index is 6.22. The van der Waals surface area contributed by atoms with Crippen LogP contribution in [0, 0.1) is 0 Å². The molecule has 3 aromatic carbocycles. The summed E-state index contributed by atoms with van der Waals surface area (Å²) in [7, 11) is 0. The molecule has 0 aliphatic carbocycles. The van der Waals surface area contributed by atoms with E-state index in [4.69, 9.17) is 16.6 Å². The average molecular weight is 410 g/mol. The van der Waals surface area contributed by atoms with Gasteiger partial charge >= 0.3 is 0 Å². The van der Waals surface area contributed by atoms with E-state index in [1.807, 2.05) is 78.9 Å². The van der Waals surface area contributed by atoms with Gasteiger partial charge in [0.25, 0.3) is 0 Å². The Morgan fingerprint density at radius 1 is 0.867 bits per heavy atom. The number of nitrogens with zero attached hydrogens (tertiary/aromatic N) is 4. The van der Waals surface area contributed by atoms with Gasteiger partial charge in [0.05, 0.1) is 22.9 Å². The van der Waals surface area contributed by atoms with Crippen molar-refractivity contribution in [2.75, 3.05) is 5.43 Å². The molecular formula is C24H16ClN5. The zero-order valence-electron chi connectivity index (χ0n) is 15.8. The number of benzene rings is 3. The number of hydrogen-bond donors (Lipinski definition) is 1. The lowest BCUT2D eigenvalue weighted by Crippen LogP contribution is -2.00. The number of para-hydroxylation sites is 1. The summed E-state index contributed by atoms with van der Waals surface area (Å²) in [5.41, 5.74) is 7.34. The fraction of sp³-hybridized carbons (Fsp3) is 0. The highest BCUT2D eigenvalue weighted by atomic mass is 35.5. The predicted molar refractivity (Wildman–Crippen MR) is 123 cm³/mol. The van der Waals surface area contributed by atoms with Crippen molar-refractivity contribution in [1.82, 2.24) is 15.0 Å². The molecule has 1 N–H and O–H groups in total. The van der Waals surface area contributed by atoms with E-state index in [-0.39, 0.29) is 0 Å². The third-order valence-electron chi connectivity index (χ3n) is 4.74. The first-order valence-electron chi connectivity index (χ1n) is 9.43. The molecule has 0 aliphatic rings. The molecule has 0 unspecified atom stereocenters. The average Bonchev–Trinajstić information content (AvgIpc) is 2.79. The molecule has 0 fully saturated rings. The van der Waals surface area contributed by atoms with Crippen molar-refractivity contribution in [2.24, 2.45) is 5.10 Å². The van der Waals surface area contributed by atoms with Crippen molar-refractivity contribution in [2.45, 2.75) is 0 Å². The highest BCUT2D eigenvalue weighted by Gasteiger charge is 2.10. The molecule has 2 aromatic heterocycles. The van der Waals surface area contributed by atoms with Gasteiger partial charge in [-0.15, -0.1) is 0 Å². The van der Waals surface area contributed by atoms with Crippen LogP contribution >= 0.6 is 11.6 Å². The van der Waals surface area contributed by atoms with E-state index < -0.39 is 0 Å². The molecule has 0 spiro atoms. The van der Waals surface area contributed by atoms with Gasteiger partial charge in [0.15, 0.2) is 0 Å². The number of hydrogen-bond acceptors (Lipinski definition) is 5. The Hall–Kier alpha value is -3.83. The maximum absolute atomic E-state index is 6.22. The molecule has 0 bridgehead atoms. The van der Waals surface area contributed by atoms with Crippen molar-refractivity contribution in [3.8, 4) is 11.3 Å². The second-order valence-electron chi connectivity index (χ2n) is 6.72. The summed E-state index contributed by atoms with van der Waals surface area (Å²) in [4.78, 5) is 13.7. The summed E-state index contributed by atoms with van der Waals surface area (Å²) in [6.07, 6.45) is 3.50.